The van der Waals surface area contributed by atoms with Crippen molar-refractivity contribution >= 4 is 0 Å². The second kappa shape index (κ2) is 5.41. The molecule has 0 unspecified atom stereocenters. The third-order valence-corrected chi connectivity index (χ3v) is 4.24. The van der Waals surface area contributed by atoms with Gasteiger partial charge in [0.15, 0.2) is 0 Å². The molecule has 2 nitrogen and oxygen atoms in total. The van der Waals surface area contributed by atoms with Gasteiger partial charge in [-0.15, -0.1) is 0 Å². The van der Waals surface area contributed by atoms with Gasteiger partial charge in [0.05, 0.1) is 6.61 Å². The molecule has 1 saturated heterocycles. The lowest BCUT2D eigenvalue weighted by Crippen LogP contribution is -2.44. The van der Waals surface area contributed by atoms with Crippen molar-refractivity contribution in [2.24, 2.45) is 5.92 Å². The third-order valence-electron chi connectivity index (χ3n) is 4.24. The van der Waals surface area contributed by atoms with Crippen LogP contribution in [0.3, 0.4) is 0 Å². The fourth-order valence-electron chi connectivity index (χ4n) is 2.89. The maximum atomic E-state index is 5.69. The van der Waals surface area contributed by atoms with Gasteiger partial charge in [0, 0.05) is 24.6 Å². The van der Waals surface area contributed by atoms with Crippen LogP contribution in [0.4, 0.5) is 0 Å². The molecule has 1 saturated carbocycles. The molecule has 1 aliphatic carbocycles. The standard InChI is InChI=1S/C16H23NO/c1-12-4-2-3-5-13(12)10-14-11-18-9-8-16(14)17-15-6-7-15/h2-5,14-17H,6-11H2,1H3/t14-,16-/m1/s1. The molecule has 0 amide bonds. The average molecular weight is 245 g/mol. The van der Waals surface area contributed by atoms with Crippen molar-refractivity contribution in [3.8, 4) is 0 Å². The largest absolute Gasteiger partial charge is 0.381 e. The zero-order valence-electron chi connectivity index (χ0n) is 11.2. The van der Waals surface area contributed by atoms with E-state index in [0.717, 1.165) is 25.7 Å². The fourth-order valence-corrected chi connectivity index (χ4v) is 2.89. The topological polar surface area (TPSA) is 21.3 Å². The van der Waals surface area contributed by atoms with Gasteiger partial charge in [-0.2, -0.15) is 0 Å². The number of benzene rings is 1. The highest BCUT2D eigenvalue weighted by atomic mass is 16.5. The van der Waals surface area contributed by atoms with Crippen molar-refractivity contribution in [2.75, 3.05) is 13.2 Å². The highest BCUT2D eigenvalue weighted by Gasteiger charge is 2.31. The zero-order valence-corrected chi connectivity index (χ0v) is 11.2. The molecule has 98 valence electrons. The molecule has 2 atom stereocenters. The SMILES string of the molecule is Cc1ccccc1C[C@@H]1COCC[C@H]1NC1CC1. The second-order valence-electron chi connectivity index (χ2n) is 5.80. The Morgan fingerprint density at radius 1 is 1.22 bits per heavy atom. The molecule has 1 heterocycles. The maximum absolute atomic E-state index is 5.69. The lowest BCUT2D eigenvalue weighted by molar-refractivity contribution is 0.0316. The molecule has 2 heteroatoms. The Morgan fingerprint density at radius 2 is 2.06 bits per heavy atom. The first-order chi connectivity index (χ1) is 8.83. The lowest BCUT2D eigenvalue weighted by atomic mass is 9.88. The van der Waals surface area contributed by atoms with Crippen LogP contribution in [-0.4, -0.2) is 25.3 Å². The highest BCUT2D eigenvalue weighted by Crippen LogP contribution is 2.26. The molecule has 0 aromatic heterocycles. The van der Waals surface area contributed by atoms with Crippen LogP contribution in [0.15, 0.2) is 24.3 Å². The minimum absolute atomic E-state index is 0.639. The van der Waals surface area contributed by atoms with Gasteiger partial charge in [-0.25, -0.2) is 0 Å². The van der Waals surface area contributed by atoms with Crippen molar-refractivity contribution in [3.63, 3.8) is 0 Å². The van der Waals surface area contributed by atoms with Gasteiger partial charge in [-0.05, 0) is 43.7 Å². The van der Waals surface area contributed by atoms with Crippen LogP contribution in [0, 0.1) is 12.8 Å². The van der Waals surface area contributed by atoms with Crippen LogP contribution in [0.5, 0.6) is 0 Å². The summed E-state index contributed by atoms with van der Waals surface area (Å²) >= 11 is 0. The smallest absolute Gasteiger partial charge is 0.0512 e. The van der Waals surface area contributed by atoms with Gasteiger partial charge < -0.3 is 10.1 Å². The summed E-state index contributed by atoms with van der Waals surface area (Å²) in [6, 6.07) is 10.2. The minimum atomic E-state index is 0.639. The van der Waals surface area contributed by atoms with Crippen molar-refractivity contribution < 1.29 is 4.74 Å². The van der Waals surface area contributed by atoms with Crippen LogP contribution in [-0.2, 0) is 11.2 Å². The Hall–Kier alpha value is -0.860. The van der Waals surface area contributed by atoms with E-state index in [1.807, 2.05) is 0 Å². The van der Waals surface area contributed by atoms with Gasteiger partial charge in [0.25, 0.3) is 0 Å². The molecular formula is C16H23NO. The van der Waals surface area contributed by atoms with Crippen LogP contribution in [0.2, 0.25) is 0 Å². The molecule has 2 fully saturated rings. The number of ether oxygens (including phenoxy) is 1. The van der Waals surface area contributed by atoms with Gasteiger partial charge in [0.2, 0.25) is 0 Å². The number of nitrogens with one attached hydrogen (secondary N) is 1. The Labute approximate surface area is 110 Å². The summed E-state index contributed by atoms with van der Waals surface area (Å²) in [6.45, 7) is 4.05. The number of rotatable bonds is 4. The van der Waals surface area contributed by atoms with Gasteiger partial charge in [0.1, 0.15) is 0 Å². The molecule has 1 aliphatic heterocycles. The van der Waals surface area contributed by atoms with E-state index >= 15 is 0 Å². The molecule has 1 aromatic rings. The van der Waals surface area contributed by atoms with E-state index in [0.29, 0.717) is 12.0 Å². The number of hydrogen-bond donors (Lipinski definition) is 1. The van der Waals surface area contributed by atoms with Crippen molar-refractivity contribution in [1.29, 1.82) is 0 Å². The van der Waals surface area contributed by atoms with Gasteiger partial charge in [-0.1, -0.05) is 24.3 Å². The highest BCUT2D eigenvalue weighted by molar-refractivity contribution is 5.26. The van der Waals surface area contributed by atoms with Crippen LogP contribution in [0.1, 0.15) is 30.4 Å². The molecular weight excluding hydrogens is 222 g/mol. The monoisotopic (exact) mass is 245 g/mol. The van der Waals surface area contributed by atoms with Crippen LogP contribution in [0.25, 0.3) is 0 Å². The van der Waals surface area contributed by atoms with Crippen molar-refractivity contribution in [1.82, 2.24) is 5.32 Å². The molecule has 3 rings (SSSR count). The fraction of sp³-hybridized carbons (Fsp3) is 0.625. The first-order valence-electron chi connectivity index (χ1n) is 7.21. The Balaban J connectivity index is 1.66. The first-order valence-corrected chi connectivity index (χ1v) is 7.21. The van der Waals surface area contributed by atoms with Gasteiger partial charge in [-0.3, -0.25) is 0 Å². The predicted octanol–water partition coefficient (Wildman–Crippen LogP) is 2.69. The summed E-state index contributed by atoms with van der Waals surface area (Å²) in [4.78, 5) is 0. The molecule has 1 N–H and O–H groups in total. The molecule has 0 bridgehead atoms. The summed E-state index contributed by atoms with van der Waals surface area (Å²) < 4.78 is 5.69. The van der Waals surface area contributed by atoms with E-state index in [1.54, 1.807) is 0 Å². The summed E-state index contributed by atoms with van der Waals surface area (Å²) in [5, 5.41) is 3.80. The van der Waals surface area contributed by atoms with Crippen LogP contribution < -0.4 is 5.32 Å². The lowest BCUT2D eigenvalue weighted by Gasteiger charge is -2.33. The zero-order chi connectivity index (χ0) is 12.4. The molecule has 2 aliphatic rings. The van der Waals surface area contributed by atoms with E-state index in [9.17, 15) is 0 Å². The summed E-state index contributed by atoms with van der Waals surface area (Å²) in [5.41, 5.74) is 2.89. The molecule has 1 aromatic carbocycles. The maximum Gasteiger partial charge on any atom is 0.0512 e. The molecule has 0 radical (unpaired) electrons. The van der Waals surface area contributed by atoms with Gasteiger partial charge >= 0.3 is 0 Å². The number of aryl methyl sites for hydroxylation is 1. The summed E-state index contributed by atoms with van der Waals surface area (Å²) in [6.07, 6.45) is 5.06. The third kappa shape index (κ3) is 2.93. The Bertz CT molecular complexity index is 400. The molecule has 0 spiro atoms. The number of hydrogen-bond acceptors (Lipinski definition) is 2. The van der Waals surface area contributed by atoms with Crippen LogP contribution >= 0.6 is 0 Å². The minimum Gasteiger partial charge on any atom is -0.381 e. The average Bonchev–Trinajstić information content (AvgIpc) is 3.18. The van der Waals surface area contributed by atoms with E-state index < -0.39 is 0 Å². The predicted molar refractivity (Wildman–Crippen MR) is 73.8 cm³/mol. The van der Waals surface area contributed by atoms with E-state index in [4.69, 9.17) is 4.74 Å². The Morgan fingerprint density at radius 3 is 2.83 bits per heavy atom. The van der Waals surface area contributed by atoms with E-state index in [2.05, 4.69) is 36.5 Å². The van der Waals surface area contributed by atoms with Crippen molar-refractivity contribution in [2.45, 2.75) is 44.7 Å². The second-order valence-corrected chi connectivity index (χ2v) is 5.80. The Kier molecular flexibility index (Phi) is 3.67. The summed E-state index contributed by atoms with van der Waals surface area (Å²) in [7, 11) is 0. The van der Waals surface area contributed by atoms with Crippen molar-refractivity contribution in [3.05, 3.63) is 35.4 Å². The first kappa shape index (κ1) is 12.2. The normalized spacial score (nSPS) is 28.3. The van der Waals surface area contributed by atoms with E-state index in [1.165, 1.54) is 30.4 Å². The molecule has 18 heavy (non-hydrogen) atoms. The van der Waals surface area contributed by atoms with E-state index in [-0.39, 0.29) is 0 Å². The summed E-state index contributed by atoms with van der Waals surface area (Å²) in [5.74, 6) is 0.639. The quantitative estimate of drug-likeness (QED) is 0.880.